The van der Waals surface area contributed by atoms with Gasteiger partial charge in [-0.2, -0.15) is 0 Å². The maximum Gasteiger partial charge on any atom is 0.234 e. The summed E-state index contributed by atoms with van der Waals surface area (Å²) in [5.41, 5.74) is 0. The van der Waals surface area contributed by atoms with Crippen LogP contribution in [-0.2, 0) is 14.3 Å². The summed E-state index contributed by atoms with van der Waals surface area (Å²) >= 11 is 0. The molecule has 148 valence electrons. The molecule has 0 unspecified atom stereocenters. The fourth-order valence-electron chi connectivity index (χ4n) is 3.68. The van der Waals surface area contributed by atoms with Crippen molar-refractivity contribution >= 4 is 5.91 Å². The van der Waals surface area contributed by atoms with E-state index in [0.29, 0.717) is 19.1 Å². The van der Waals surface area contributed by atoms with Gasteiger partial charge in [-0.3, -0.25) is 4.79 Å². The minimum absolute atomic E-state index is 0.0226. The third-order valence-electron chi connectivity index (χ3n) is 5.04. The highest BCUT2D eigenvalue weighted by atomic mass is 16.5. The fraction of sp³-hybridized carbons (Fsp3) is 0.950. The Balaban J connectivity index is 2.48. The second-order valence-corrected chi connectivity index (χ2v) is 7.79. The second-order valence-electron chi connectivity index (χ2n) is 7.79. The molecule has 5 nitrogen and oxygen atoms in total. The first kappa shape index (κ1) is 22.4. The fourth-order valence-corrected chi connectivity index (χ4v) is 3.68. The van der Waals surface area contributed by atoms with Crippen LogP contribution in [0.2, 0.25) is 0 Å². The van der Waals surface area contributed by atoms with Gasteiger partial charge in [-0.1, -0.05) is 58.8 Å². The van der Waals surface area contributed by atoms with Crippen LogP contribution in [0.5, 0.6) is 0 Å². The Morgan fingerprint density at radius 3 is 2.40 bits per heavy atom. The van der Waals surface area contributed by atoms with Crippen molar-refractivity contribution in [2.75, 3.05) is 34.4 Å². The molecule has 1 fully saturated rings. The van der Waals surface area contributed by atoms with Gasteiger partial charge in [0.15, 0.2) is 0 Å². The quantitative estimate of drug-likeness (QED) is 0.546. The van der Waals surface area contributed by atoms with Crippen LogP contribution < -0.4 is 5.32 Å². The van der Waals surface area contributed by atoms with Crippen molar-refractivity contribution in [3.05, 3.63) is 0 Å². The molecule has 4 atom stereocenters. The smallest absolute Gasteiger partial charge is 0.234 e. The summed E-state index contributed by atoms with van der Waals surface area (Å²) in [5.74, 6) is 0.333. The molecule has 0 bridgehead atoms. The Bertz CT molecular complexity index is 363. The van der Waals surface area contributed by atoms with Crippen LogP contribution in [0.4, 0.5) is 0 Å². The lowest BCUT2D eigenvalue weighted by Gasteiger charge is -2.41. The van der Waals surface area contributed by atoms with Crippen molar-refractivity contribution in [1.29, 1.82) is 0 Å². The normalized spacial score (nSPS) is 26.8. The Morgan fingerprint density at radius 2 is 1.80 bits per heavy atom. The number of hydrogen-bond donors (Lipinski definition) is 1. The number of carbonyl (C=O) groups excluding carboxylic acids is 1. The summed E-state index contributed by atoms with van der Waals surface area (Å²) in [6.07, 6.45) is 10.1. The summed E-state index contributed by atoms with van der Waals surface area (Å²) < 4.78 is 11.8. The van der Waals surface area contributed by atoms with Gasteiger partial charge in [-0.05, 0) is 20.5 Å². The Kier molecular flexibility index (Phi) is 11.3. The third-order valence-corrected chi connectivity index (χ3v) is 5.04. The molecule has 0 aromatic rings. The third kappa shape index (κ3) is 8.52. The number of rotatable bonds is 12. The Labute approximate surface area is 154 Å². The molecule has 0 aliphatic carbocycles. The van der Waals surface area contributed by atoms with Gasteiger partial charge in [0, 0.05) is 13.0 Å². The Hall–Kier alpha value is -0.650. The molecule has 0 aromatic carbocycles. The van der Waals surface area contributed by atoms with Crippen LogP contribution in [0.3, 0.4) is 0 Å². The first-order chi connectivity index (χ1) is 12.0. The van der Waals surface area contributed by atoms with Gasteiger partial charge in [0.2, 0.25) is 5.91 Å². The summed E-state index contributed by atoms with van der Waals surface area (Å²) in [7, 11) is 5.55. The van der Waals surface area contributed by atoms with Crippen LogP contribution >= 0.6 is 0 Å². The largest absolute Gasteiger partial charge is 0.379 e. The molecule has 1 rings (SSSR count). The van der Waals surface area contributed by atoms with E-state index in [2.05, 4.69) is 19.2 Å². The lowest BCUT2D eigenvalue weighted by molar-refractivity contribution is -0.138. The highest BCUT2D eigenvalue weighted by Gasteiger charge is 2.39. The van der Waals surface area contributed by atoms with Crippen molar-refractivity contribution in [3.8, 4) is 0 Å². The Morgan fingerprint density at radius 1 is 1.16 bits per heavy atom. The number of hydrogen-bond acceptors (Lipinski definition) is 4. The van der Waals surface area contributed by atoms with Gasteiger partial charge in [-0.25, -0.2) is 0 Å². The molecule has 1 saturated heterocycles. The van der Waals surface area contributed by atoms with Crippen LogP contribution in [0.15, 0.2) is 0 Å². The van der Waals surface area contributed by atoms with Gasteiger partial charge in [-0.15, -0.1) is 0 Å². The predicted molar refractivity (Wildman–Crippen MR) is 103 cm³/mol. The standard InChI is InChI=1S/C20H40N2O3/c1-6-7-8-9-10-11-12-13-17-19(21-18(23)14-22(3)4)20(24-5)16(2)15-25-17/h16-17,19-20H,6-15H2,1-5H3,(H,21,23)/t16-,17-,19+,20-/m0/s1. The van der Waals surface area contributed by atoms with Crippen LogP contribution in [0, 0.1) is 5.92 Å². The van der Waals surface area contributed by atoms with E-state index in [0.717, 1.165) is 12.8 Å². The molecule has 1 aliphatic rings. The maximum absolute atomic E-state index is 12.2. The number of methoxy groups -OCH3 is 1. The number of ether oxygens (including phenoxy) is 2. The van der Waals surface area contributed by atoms with E-state index in [9.17, 15) is 4.79 Å². The maximum atomic E-state index is 12.2. The van der Waals surface area contributed by atoms with E-state index in [1.807, 2.05) is 19.0 Å². The average molecular weight is 357 g/mol. The zero-order chi connectivity index (χ0) is 18.7. The molecule has 0 saturated carbocycles. The van der Waals surface area contributed by atoms with E-state index in [1.54, 1.807) is 7.11 Å². The first-order valence-corrected chi connectivity index (χ1v) is 10.1. The van der Waals surface area contributed by atoms with Gasteiger partial charge in [0.05, 0.1) is 31.4 Å². The molecule has 1 amide bonds. The molecule has 1 N–H and O–H groups in total. The summed E-state index contributed by atoms with van der Waals surface area (Å²) in [4.78, 5) is 14.1. The molecule has 0 radical (unpaired) electrons. The molecule has 0 spiro atoms. The number of nitrogens with zero attached hydrogens (tertiary/aromatic N) is 1. The number of nitrogens with one attached hydrogen (secondary N) is 1. The van der Waals surface area contributed by atoms with Crippen molar-refractivity contribution in [2.45, 2.75) is 83.5 Å². The molecule has 5 heteroatoms. The molecule has 1 heterocycles. The second kappa shape index (κ2) is 12.7. The first-order valence-electron chi connectivity index (χ1n) is 10.1. The van der Waals surface area contributed by atoms with Crippen LogP contribution in [0.25, 0.3) is 0 Å². The van der Waals surface area contributed by atoms with Gasteiger partial charge >= 0.3 is 0 Å². The highest BCUT2D eigenvalue weighted by Crippen LogP contribution is 2.26. The topological polar surface area (TPSA) is 50.8 Å². The minimum atomic E-state index is -0.0544. The lowest BCUT2D eigenvalue weighted by Crippen LogP contribution is -2.59. The van der Waals surface area contributed by atoms with Crippen LogP contribution in [0.1, 0.15) is 65.2 Å². The number of unbranched alkanes of at least 4 members (excludes halogenated alkanes) is 6. The highest BCUT2D eigenvalue weighted by molar-refractivity contribution is 5.78. The number of amides is 1. The van der Waals surface area contributed by atoms with Crippen LogP contribution in [-0.4, -0.2) is 63.4 Å². The van der Waals surface area contributed by atoms with Gasteiger partial charge < -0.3 is 19.7 Å². The van der Waals surface area contributed by atoms with E-state index >= 15 is 0 Å². The van der Waals surface area contributed by atoms with E-state index < -0.39 is 0 Å². The lowest BCUT2D eigenvalue weighted by atomic mass is 9.88. The SMILES string of the molecule is CCCCCCCCC[C@@H]1OC[C@H](C)[C@H](OC)[C@@H]1NC(=O)CN(C)C. The summed E-state index contributed by atoms with van der Waals surface area (Å²) in [5, 5.41) is 3.17. The summed E-state index contributed by atoms with van der Waals surface area (Å²) in [6, 6.07) is -0.0544. The van der Waals surface area contributed by atoms with Gasteiger partial charge in [0.1, 0.15) is 0 Å². The molecule has 0 aromatic heterocycles. The average Bonchev–Trinajstić information content (AvgIpc) is 2.55. The predicted octanol–water partition coefficient (Wildman–Crippen LogP) is 3.22. The molecular formula is C20H40N2O3. The number of likely N-dealkylation sites (N-methyl/N-ethyl adjacent to an activating group) is 1. The van der Waals surface area contributed by atoms with E-state index in [4.69, 9.17) is 9.47 Å². The zero-order valence-electron chi connectivity index (χ0n) is 17.1. The molecule has 1 aliphatic heterocycles. The van der Waals surface area contributed by atoms with Crippen molar-refractivity contribution in [3.63, 3.8) is 0 Å². The molecule has 25 heavy (non-hydrogen) atoms. The zero-order valence-corrected chi connectivity index (χ0v) is 17.1. The van der Waals surface area contributed by atoms with Crippen molar-refractivity contribution in [1.82, 2.24) is 10.2 Å². The van der Waals surface area contributed by atoms with Crippen molar-refractivity contribution in [2.24, 2.45) is 5.92 Å². The minimum Gasteiger partial charge on any atom is -0.379 e. The van der Waals surface area contributed by atoms with E-state index in [-0.39, 0.29) is 24.2 Å². The van der Waals surface area contributed by atoms with Gasteiger partial charge in [0.25, 0.3) is 0 Å². The monoisotopic (exact) mass is 356 g/mol. The number of carbonyl (C=O) groups is 1. The van der Waals surface area contributed by atoms with E-state index in [1.165, 1.54) is 38.5 Å². The van der Waals surface area contributed by atoms with Crippen molar-refractivity contribution < 1.29 is 14.3 Å². The summed E-state index contributed by atoms with van der Waals surface area (Å²) in [6.45, 7) is 5.48. The molecular weight excluding hydrogens is 316 g/mol.